The van der Waals surface area contributed by atoms with E-state index in [0.717, 1.165) is 51.1 Å². The van der Waals surface area contributed by atoms with Crippen LogP contribution < -0.4 is 5.73 Å². The molecule has 2 aromatic carbocycles. The molecule has 3 nitrogen and oxygen atoms in total. The smallest absolute Gasteiger partial charge is 0.131 e. The molecule has 4 rings (SSSR count). The maximum atomic E-state index is 14.1. The first-order valence-electron chi connectivity index (χ1n) is 9.64. The standard InChI is InChI=1S/C22H27FN2O/c23-20-7-2-1-6-19(20)18-5-3-4-16(14-18)15-25-11-8-17(9-12-25)22-21(24)10-13-26-22/h1-7,14,17,21-22H,8-13,15,24H2/t21-,22+/m1/s1. The lowest BCUT2D eigenvalue weighted by atomic mass is 9.87. The Hall–Kier alpha value is -1.75. The highest BCUT2D eigenvalue weighted by molar-refractivity contribution is 5.64. The van der Waals surface area contributed by atoms with Crippen LogP contribution in [-0.2, 0) is 11.3 Å². The summed E-state index contributed by atoms with van der Waals surface area (Å²) < 4.78 is 19.9. The van der Waals surface area contributed by atoms with Crippen molar-refractivity contribution in [3.05, 3.63) is 59.9 Å². The van der Waals surface area contributed by atoms with Crippen LogP contribution in [0.5, 0.6) is 0 Å². The van der Waals surface area contributed by atoms with Gasteiger partial charge in [0.2, 0.25) is 0 Å². The number of nitrogens with two attached hydrogens (primary N) is 1. The Bertz CT molecular complexity index is 742. The molecule has 0 unspecified atom stereocenters. The maximum absolute atomic E-state index is 14.1. The monoisotopic (exact) mass is 354 g/mol. The molecule has 0 aromatic heterocycles. The molecular weight excluding hydrogens is 327 g/mol. The molecule has 0 aliphatic carbocycles. The predicted octanol–water partition coefficient (Wildman–Crippen LogP) is 3.82. The lowest BCUT2D eigenvalue weighted by Gasteiger charge is -2.35. The van der Waals surface area contributed by atoms with Gasteiger partial charge in [0.15, 0.2) is 0 Å². The predicted molar refractivity (Wildman–Crippen MR) is 102 cm³/mol. The Kier molecular flexibility index (Phi) is 5.34. The normalized spacial score (nSPS) is 24.8. The minimum atomic E-state index is -0.168. The molecule has 4 heteroatoms. The third-order valence-corrected chi connectivity index (χ3v) is 5.80. The van der Waals surface area contributed by atoms with Gasteiger partial charge in [0.1, 0.15) is 5.82 Å². The number of nitrogens with zero attached hydrogens (tertiary/aromatic N) is 1. The number of rotatable bonds is 4. The summed E-state index contributed by atoms with van der Waals surface area (Å²) in [5.41, 5.74) is 9.03. The van der Waals surface area contributed by atoms with Crippen LogP contribution in [0.4, 0.5) is 4.39 Å². The van der Waals surface area contributed by atoms with Crippen molar-refractivity contribution in [2.24, 2.45) is 11.7 Å². The van der Waals surface area contributed by atoms with Crippen molar-refractivity contribution in [1.29, 1.82) is 0 Å². The summed E-state index contributed by atoms with van der Waals surface area (Å²) in [4.78, 5) is 2.48. The van der Waals surface area contributed by atoms with E-state index in [4.69, 9.17) is 10.5 Å². The van der Waals surface area contributed by atoms with Crippen LogP contribution >= 0.6 is 0 Å². The molecule has 0 spiro atoms. The van der Waals surface area contributed by atoms with Crippen LogP contribution in [-0.4, -0.2) is 36.7 Å². The first-order valence-corrected chi connectivity index (χ1v) is 9.64. The number of piperidine rings is 1. The van der Waals surface area contributed by atoms with E-state index in [1.54, 1.807) is 6.07 Å². The van der Waals surface area contributed by atoms with Crippen LogP contribution in [0.1, 0.15) is 24.8 Å². The molecule has 2 heterocycles. The largest absolute Gasteiger partial charge is 0.376 e. The summed E-state index contributed by atoms with van der Waals surface area (Å²) in [6.45, 7) is 3.86. The quantitative estimate of drug-likeness (QED) is 0.907. The zero-order chi connectivity index (χ0) is 17.9. The minimum Gasteiger partial charge on any atom is -0.376 e. The Morgan fingerprint density at radius 2 is 1.85 bits per heavy atom. The molecule has 2 saturated heterocycles. The van der Waals surface area contributed by atoms with Crippen molar-refractivity contribution < 1.29 is 9.13 Å². The van der Waals surface area contributed by atoms with Crippen molar-refractivity contribution in [3.63, 3.8) is 0 Å². The lowest BCUT2D eigenvalue weighted by Crippen LogP contribution is -2.43. The molecular formula is C22H27FN2O. The molecule has 2 atom stereocenters. The van der Waals surface area contributed by atoms with Crippen molar-refractivity contribution in [3.8, 4) is 11.1 Å². The van der Waals surface area contributed by atoms with Gasteiger partial charge in [-0.15, -0.1) is 0 Å². The number of hydrogen-bond donors (Lipinski definition) is 1. The molecule has 0 saturated carbocycles. The van der Waals surface area contributed by atoms with E-state index in [1.807, 2.05) is 24.3 Å². The first-order chi connectivity index (χ1) is 12.7. The van der Waals surface area contributed by atoms with Crippen LogP contribution in [0.3, 0.4) is 0 Å². The molecule has 2 fully saturated rings. The molecule has 0 amide bonds. The van der Waals surface area contributed by atoms with E-state index in [-0.39, 0.29) is 18.0 Å². The molecule has 0 radical (unpaired) electrons. The second-order valence-corrected chi connectivity index (χ2v) is 7.58. The van der Waals surface area contributed by atoms with E-state index in [2.05, 4.69) is 17.0 Å². The second kappa shape index (κ2) is 7.87. The van der Waals surface area contributed by atoms with Crippen molar-refractivity contribution in [2.45, 2.75) is 38.0 Å². The van der Waals surface area contributed by atoms with Gasteiger partial charge in [-0.1, -0.05) is 36.4 Å². The summed E-state index contributed by atoms with van der Waals surface area (Å²) in [6.07, 6.45) is 3.53. The lowest BCUT2D eigenvalue weighted by molar-refractivity contribution is 0.0245. The third-order valence-electron chi connectivity index (χ3n) is 5.80. The fourth-order valence-electron chi connectivity index (χ4n) is 4.34. The van der Waals surface area contributed by atoms with Crippen LogP contribution in [0.2, 0.25) is 0 Å². The van der Waals surface area contributed by atoms with Gasteiger partial charge in [0.25, 0.3) is 0 Å². The summed E-state index contributed by atoms with van der Waals surface area (Å²) in [5.74, 6) is 0.423. The van der Waals surface area contributed by atoms with Gasteiger partial charge in [0.05, 0.1) is 6.10 Å². The van der Waals surface area contributed by atoms with Crippen molar-refractivity contribution in [2.75, 3.05) is 19.7 Å². The summed E-state index contributed by atoms with van der Waals surface area (Å²) in [7, 11) is 0. The van der Waals surface area contributed by atoms with E-state index in [0.29, 0.717) is 11.5 Å². The molecule has 2 aromatic rings. The van der Waals surface area contributed by atoms with E-state index >= 15 is 0 Å². The van der Waals surface area contributed by atoms with Gasteiger partial charge in [-0.2, -0.15) is 0 Å². The number of ether oxygens (including phenoxy) is 1. The Morgan fingerprint density at radius 3 is 2.58 bits per heavy atom. The summed E-state index contributed by atoms with van der Waals surface area (Å²) in [6, 6.07) is 15.4. The average Bonchev–Trinajstić information content (AvgIpc) is 3.09. The first kappa shape index (κ1) is 17.7. The van der Waals surface area contributed by atoms with Gasteiger partial charge in [0, 0.05) is 24.8 Å². The van der Waals surface area contributed by atoms with E-state index in [9.17, 15) is 4.39 Å². The van der Waals surface area contributed by atoms with Crippen LogP contribution in [0.25, 0.3) is 11.1 Å². The van der Waals surface area contributed by atoms with Gasteiger partial charge in [-0.3, -0.25) is 4.90 Å². The Balaban J connectivity index is 1.38. The summed E-state index contributed by atoms with van der Waals surface area (Å²) in [5, 5.41) is 0. The zero-order valence-electron chi connectivity index (χ0n) is 15.1. The highest BCUT2D eigenvalue weighted by atomic mass is 19.1. The van der Waals surface area contributed by atoms with E-state index in [1.165, 1.54) is 11.6 Å². The maximum Gasteiger partial charge on any atom is 0.131 e. The summed E-state index contributed by atoms with van der Waals surface area (Å²) >= 11 is 0. The van der Waals surface area contributed by atoms with Crippen LogP contribution in [0.15, 0.2) is 48.5 Å². The third kappa shape index (κ3) is 3.83. The molecule has 26 heavy (non-hydrogen) atoms. The molecule has 2 aliphatic rings. The van der Waals surface area contributed by atoms with Gasteiger partial charge >= 0.3 is 0 Å². The number of likely N-dealkylation sites (tertiary alicyclic amines) is 1. The van der Waals surface area contributed by atoms with Gasteiger partial charge < -0.3 is 10.5 Å². The molecule has 2 N–H and O–H groups in total. The minimum absolute atomic E-state index is 0.168. The number of benzene rings is 2. The van der Waals surface area contributed by atoms with Gasteiger partial charge in [-0.05, 0) is 61.5 Å². The van der Waals surface area contributed by atoms with Crippen LogP contribution in [0, 0.1) is 11.7 Å². The highest BCUT2D eigenvalue weighted by Crippen LogP contribution is 2.29. The fraction of sp³-hybridized carbons (Fsp3) is 0.455. The number of hydrogen-bond acceptors (Lipinski definition) is 3. The average molecular weight is 354 g/mol. The van der Waals surface area contributed by atoms with E-state index < -0.39 is 0 Å². The topological polar surface area (TPSA) is 38.5 Å². The Labute approximate surface area is 155 Å². The molecule has 138 valence electrons. The van der Waals surface area contributed by atoms with Gasteiger partial charge in [-0.25, -0.2) is 4.39 Å². The Morgan fingerprint density at radius 1 is 1.04 bits per heavy atom. The number of halogens is 1. The zero-order valence-corrected chi connectivity index (χ0v) is 15.1. The highest BCUT2D eigenvalue weighted by Gasteiger charge is 2.34. The fourth-order valence-corrected chi connectivity index (χ4v) is 4.34. The van der Waals surface area contributed by atoms with Crippen molar-refractivity contribution >= 4 is 0 Å². The van der Waals surface area contributed by atoms with Crippen molar-refractivity contribution in [1.82, 2.24) is 4.90 Å². The molecule has 0 bridgehead atoms. The SMILES string of the molecule is N[C@@H]1CCO[C@H]1C1CCN(Cc2cccc(-c3ccccc3F)c2)CC1. The molecule has 2 aliphatic heterocycles. The second-order valence-electron chi connectivity index (χ2n) is 7.58.